The van der Waals surface area contributed by atoms with Crippen molar-refractivity contribution in [1.82, 2.24) is 13.9 Å². The number of halogens is 3. The Morgan fingerprint density at radius 1 is 1.10 bits per heavy atom. The first-order valence-corrected chi connectivity index (χ1v) is 12.3. The number of sulfonamides is 1. The van der Waals surface area contributed by atoms with E-state index in [9.17, 15) is 21.6 Å². The maximum atomic E-state index is 14.0. The first-order valence-electron chi connectivity index (χ1n) is 9.88. The number of fused-ring (bicyclic) bond motifs is 1. The summed E-state index contributed by atoms with van der Waals surface area (Å²) < 4.78 is 70.0. The van der Waals surface area contributed by atoms with Gasteiger partial charge in [-0.3, -0.25) is 0 Å². The molecule has 3 aromatic rings. The highest BCUT2D eigenvalue weighted by Crippen LogP contribution is 2.32. The molecular formula is C21H24F3N3O2S2. The molecule has 0 aliphatic heterocycles. The zero-order valence-corrected chi connectivity index (χ0v) is 19.3. The summed E-state index contributed by atoms with van der Waals surface area (Å²) in [5.41, 5.74) is 1.10. The maximum absolute atomic E-state index is 14.0. The van der Waals surface area contributed by atoms with E-state index in [1.807, 2.05) is 18.4 Å². The predicted octanol–water partition coefficient (Wildman–Crippen LogP) is 5.36. The van der Waals surface area contributed by atoms with Crippen LogP contribution in [0, 0.1) is 17.5 Å². The molecule has 10 heteroatoms. The van der Waals surface area contributed by atoms with Gasteiger partial charge in [-0.05, 0) is 38.1 Å². The highest BCUT2D eigenvalue weighted by Gasteiger charge is 2.24. The van der Waals surface area contributed by atoms with Crippen LogP contribution in [0.15, 0.2) is 40.4 Å². The average molecular weight is 472 g/mol. The Labute approximate surface area is 184 Å². The number of hydrogen-bond acceptors (Lipinski definition) is 4. The van der Waals surface area contributed by atoms with Crippen molar-refractivity contribution in [3.05, 3.63) is 53.3 Å². The highest BCUT2D eigenvalue weighted by atomic mass is 32.2. The van der Waals surface area contributed by atoms with Gasteiger partial charge in [-0.1, -0.05) is 25.6 Å². The SMILES string of the molecule is CCN(CC)S(=O)(=O)c1ccc2c(c1)nc(SCc1cc(F)cc(F)c1F)n2C(C)C. The largest absolute Gasteiger partial charge is 0.316 e. The summed E-state index contributed by atoms with van der Waals surface area (Å²) in [5.74, 6) is -3.20. The van der Waals surface area contributed by atoms with Crippen LogP contribution in [-0.4, -0.2) is 35.4 Å². The van der Waals surface area contributed by atoms with Crippen molar-refractivity contribution in [2.45, 2.75) is 49.5 Å². The lowest BCUT2D eigenvalue weighted by Crippen LogP contribution is -2.30. The molecule has 0 spiro atoms. The number of rotatable bonds is 8. The molecule has 0 aliphatic rings. The summed E-state index contributed by atoms with van der Waals surface area (Å²) in [6, 6.07) is 6.21. The Hall–Kier alpha value is -2.04. The minimum absolute atomic E-state index is 0.0215. The van der Waals surface area contributed by atoms with Gasteiger partial charge in [0, 0.05) is 36.5 Å². The van der Waals surface area contributed by atoms with Gasteiger partial charge in [0.1, 0.15) is 5.82 Å². The van der Waals surface area contributed by atoms with Crippen molar-refractivity contribution in [3.63, 3.8) is 0 Å². The second-order valence-electron chi connectivity index (χ2n) is 7.25. The Morgan fingerprint density at radius 3 is 2.39 bits per heavy atom. The molecule has 0 fully saturated rings. The molecule has 0 N–H and O–H groups in total. The molecule has 0 radical (unpaired) electrons. The van der Waals surface area contributed by atoms with Crippen molar-refractivity contribution < 1.29 is 21.6 Å². The zero-order chi connectivity index (χ0) is 22.9. The van der Waals surface area contributed by atoms with Crippen molar-refractivity contribution in [1.29, 1.82) is 0 Å². The number of thioether (sulfide) groups is 1. The molecule has 0 atom stereocenters. The minimum Gasteiger partial charge on any atom is -0.316 e. The maximum Gasteiger partial charge on any atom is 0.243 e. The zero-order valence-electron chi connectivity index (χ0n) is 17.7. The smallest absolute Gasteiger partial charge is 0.243 e. The molecule has 168 valence electrons. The van der Waals surface area contributed by atoms with E-state index < -0.39 is 27.5 Å². The number of imidazole rings is 1. The average Bonchev–Trinajstić information content (AvgIpc) is 3.08. The fourth-order valence-electron chi connectivity index (χ4n) is 3.39. The first kappa shape index (κ1) is 23.6. The van der Waals surface area contributed by atoms with Crippen LogP contribution in [0.5, 0.6) is 0 Å². The molecular weight excluding hydrogens is 447 g/mol. The van der Waals surface area contributed by atoms with Crippen LogP contribution in [0.2, 0.25) is 0 Å². The predicted molar refractivity (Wildman–Crippen MR) is 116 cm³/mol. The third kappa shape index (κ3) is 4.61. The molecule has 1 aromatic heterocycles. The van der Waals surface area contributed by atoms with Gasteiger partial charge < -0.3 is 4.57 Å². The van der Waals surface area contributed by atoms with Crippen LogP contribution in [-0.2, 0) is 15.8 Å². The van der Waals surface area contributed by atoms with E-state index in [0.717, 1.165) is 23.3 Å². The summed E-state index contributed by atoms with van der Waals surface area (Å²) in [4.78, 5) is 4.69. The first-order chi connectivity index (χ1) is 14.6. The molecule has 2 aromatic carbocycles. The summed E-state index contributed by atoms with van der Waals surface area (Å²) in [6.07, 6.45) is 0. The summed E-state index contributed by atoms with van der Waals surface area (Å²) in [5, 5.41) is 0.506. The van der Waals surface area contributed by atoms with E-state index in [2.05, 4.69) is 4.98 Å². The molecule has 0 unspecified atom stereocenters. The van der Waals surface area contributed by atoms with Crippen molar-refractivity contribution >= 4 is 32.8 Å². The van der Waals surface area contributed by atoms with E-state index in [1.54, 1.807) is 26.0 Å². The van der Waals surface area contributed by atoms with Gasteiger partial charge in [0.25, 0.3) is 0 Å². The molecule has 0 aliphatic carbocycles. The van der Waals surface area contributed by atoms with Crippen LogP contribution in [0.4, 0.5) is 13.2 Å². The number of benzene rings is 2. The molecule has 0 saturated carbocycles. The number of nitrogens with zero attached hydrogens (tertiary/aromatic N) is 3. The van der Waals surface area contributed by atoms with Gasteiger partial charge in [-0.25, -0.2) is 26.6 Å². The van der Waals surface area contributed by atoms with Gasteiger partial charge in [0.2, 0.25) is 10.0 Å². The van der Waals surface area contributed by atoms with Crippen LogP contribution in [0.3, 0.4) is 0 Å². The van der Waals surface area contributed by atoms with E-state index in [1.165, 1.54) is 10.4 Å². The lowest BCUT2D eigenvalue weighted by molar-refractivity contribution is 0.445. The third-order valence-corrected chi connectivity index (χ3v) is 7.96. The number of aromatic nitrogens is 2. The summed E-state index contributed by atoms with van der Waals surface area (Å²) in [7, 11) is -3.64. The van der Waals surface area contributed by atoms with Gasteiger partial charge in [0.05, 0.1) is 15.9 Å². The van der Waals surface area contributed by atoms with Crippen LogP contribution in [0.1, 0.15) is 39.3 Å². The third-order valence-electron chi connectivity index (χ3n) is 4.91. The standard InChI is InChI=1S/C21H24F3N3O2S2/c1-5-26(6-2)31(28,29)16-7-8-19-18(11-16)25-21(27(19)13(3)4)30-12-14-9-15(22)10-17(23)20(14)24/h7-11,13H,5-6,12H2,1-4H3. The monoisotopic (exact) mass is 471 g/mol. The van der Waals surface area contributed by atoms with Crippen molar-refractivity contribution in [2.75, 3.05) is 13.1 Å². The molecule has 3 rings (SSSR count). The van der Waals surface area contributed by atoms with Crippen LogP contribution >= 0.6 is 11.8 Å². The Balaban J connectivity index is 2.02. The topological polar surface area (TPSA) is 55.2 Å². The van der Waals surface area contributed by atoms with Gasteiger partial charge in [-0.15, -0.1) is 0 Å². The molecule has 0 amide bonds. The second kappa shape index (κ2) is 9.22. The van der Waals surface area contributed by atoms with E-state index in [0.29, 0.717) is 29.8 Å². The van der Waals surface area contributed by atoms with Gasteiger partial charge in [0.15, 0.2) is 16.8 Å². The Bertz CT molecular complexity index is 1210. The van der Waals surface area contributed by atoms with Crippen LogP contribution in [0.25, 0.3) is 11.0 Å². The van der Waals surface area contributed by atoms with Crippen molar-refractivity contribution in [2.24, 2.45) is 0 Å². The second-order valence-corrected chi connectivity index (χ2v) is 10.1. The van der Waals surface area contributed by atoms with Crippen LogP contribution < -0.4 is 0 Å². The lowest BCUT2D eigenvalue weighted by Gasteiger charge is -2.18. The Morgan fingerprint density at radius 2 is 1.77 bits per heavy atom. The quantitative estimate of drug-likeness (QED) is 0.328. The fourth-order valence-corrected chi connectivity index (χ4v) is 5.97. The normalized spacial score (nSPS) is 12.4. The molecule has 0 saturated heterocycles. The van der Waals surface area contributed by atoms with E-state index >= 15 is 0 Å². The van der Waals surface area contributed by atoms with E-state index in [-0.39, 0.29) is 22.3 Å². The Kier molecular flexibility index (Phi) is 7.02. The molecule has 5 nitrogen and oxygen atoms in total. The van der Waals surface area contributed by atoms with Gasteiger partial charge in [-0.2, -0.15) is 4.31 Å². The minimum atomic E-state index is -3.64. The fraction of sp³-hybridized carbons (Fsp3) is 0.381. The molecule has 1 heterocycles. The highest BCUT2D eigenvalue weighted by molar-refractivity contribution is 7.98. The van der Waals surface area contributed by atoms with Gasteiger partial charge >= 0.3 is 0 Å². The summed E-state index contributed by atoms with van der Waals surface area (Å²) >= 11 is 1.13. The number of hydrogen-bond donors (Lipinski definition) is 0. The van der Waals surface area contributed by atoms with Crippen molar-refractivity contribution in [3.8, 4) is 0 Å². The summed E-state index contributed by atoms with van der Waals surface area (Å²) in [6.45, 7) is 8.14. The molecule has 0 bridgehead atoms. The van der Waals surface area contributed by atoms with E-state index in [4.69, 9.17) is 0 Å². The molecule has 31 heavy (non-hydrogen) atoms. The lowest BCUT2D eigenvalue weighted by atomic mass is 10.2.